The standard InChI is InChI=1S/C20H23N5O3/c1-28-17-7-3-2-5-15(17)22-19(26)24-11-8-14(9-12-24)13-25-18-16(23-20(25)27)6-4-10-21-18/h2-7,10,14H,8-9,11-13H2,1H3,(H,22,26)(H,23,27). The summed E-state index contributed by atoms with van der Waals surface area (Å²) in [6, 6.07) is 10.9. The maximum atomic E-state index is 12.6. The van der Waals surface area contributed by atoms with Crippen molar-refractivity contribution in [2.45, 2.75) is 19.4 Å². The molecule has 1 fully saturated rings. The van der Waals surface area contributed by atoms with Crippen LogP contribution >= 0.6 is 0 Å². The lowest BCUT2D eigenvalue weighted by Crippen LogP contribution is -2.42. The third kappa shape index (κ3) is 3.58. The predicted octanol–water partition coefficient (Wildman–Crippen LogP) is 2.68. The van der Waals surface area contributed by atoms with E-state index in [-0.39, 0.29) is 11.7 Å². The summed E-state index contributed by atoms with van der Waals surface area (Å²) < 4.78 is 6.98. The molecule has 2 aromatic heterocycles. The van der Waals surface area contributed by atoms with Crippen molar-refractivity contribution in [1.82, 2.24) is 19.4 Å². The Morgan fingerprint density at radius 1 is 1.25 bits per heavy atom. The summed E-state index contributed by atoms with van der Waals surface area (Å²) >= 11 is 0. The van der Waals surface area contributed by atoms with Crippen LogP contribution in [-0.4, -0.2) is 45.7 Å². The molecule has 1 aliphatic heterocycles. The second-order valence-corrected chi connectivity index (χ2v) is 6.98. The number of imidazole rings is 1. The summed E-state index contributed by atoms with van der Waals surface area (Å²) in [5.74, 6) is 0.964. The Morgan fingerprint density at radius 2 is 2.04 bits per heavy atom. The van der Waals surface area contributed by atoms with Gasteiger partial charge in [0, 0.05) is 25.8 Å². The molecular weight excluding hydrogens is 358 g/mol. The number of methoxy groups -OCH3 is 1. The molecule has 2 amide bonds. The Bertz CT molecular complexity index is 1030. The number of nitrogens with zero attached hydrogens (tertiary/aromatic N) is 3. The average Bonchev–Trinajstić information content (AvgIpc) is 3.04. The monoisotopic (exact) mass is 381 g/mol. The summed E-state index contributed by atoms with van der Waals surface area (Å²) in [7, 11) is 1.58. The molecule has 8 heteroatoms. The third-order valence-corrected chi connectivity index (χ3v) is 5.22. The summed E-state index contributed by atoms with van der Waals surface area (Å²) in [6.07, 6.45) is 3.37. The molecule has 8 nitrogen and oxygen atoms in total. The summed E-state index contributed by atoms with van der Waals surface area (Å²) in [6.45, 7) is 1.91. The normalized spacial score (nSPS) is 15.0. The number of anilines is 1. The SMILES string of the molecule is COc1ccccc1NC(=O)N1CCC(Cn2c(=O)[nH]c3cccnc32)CC1. The lowest BCUT2D eigenvalue weighted by molar-refractivity contribution is 0.177. The number of aromatic nitrogens is 3. The van der Waals surface area contributed by atoms with Gasteiger partial charge in [-0.15, -0.1) is 0 Å². The highest BCUT2D eigenvalue weighted by Crippen LogP contribution is 2.25. The van der Waals surface area contributed by atoms with Gasteiger partial charge < -0.3 is 19.9 Å². The molecule has 1 aliphatic rings. The minimum absolute atomic E-state index is 0.131. The van der Waals surface area contributed by atoms with Crippen LogP contribution in [0.2, 0.25) is 0 Å². The van der Waals surface area contributed by atoms with E-state index in [2.05, 4.69) is 15.3 Å². The highest BCUT2D eigenvalue weighted by atomic mass is 16.5. The molecule has 146 valence electrons. The molecule has 0 bridgehead atoms. The average molecular weight is 381 g/mol. The topological polar surface area (TPSA) is 92.2 Å². The highest BCUT2D eigenvalue weighted by Gasteiger charge is 2.24. The van der Waals surface area contributed by atoms with Crippen molar-refractivity contribution in [2.75, 3.05) is 25.5 Å². The van der Waals surface area contributed by atoms with Crippen molar-refractivity contribution in [3.63, 3.8) is 0 Å². The number of pyridine rings is 1. The van der Waals surface area contributed by atoms with Crippen LogP contribution in [-0.2, 0) is 6.54 Å². The number of H-pyrrole nitrogens is 1. The molecule has 0 spiro atoms. The van der Waals surface area contributed by atoms with Gasteiger partial charge in [-0.2, -0.15) is 0 Å². The molecule has 4 rings (SSSR count). The highest BCUT2D eigenvalue weighted by molar-refractivity contribution is 5.91. The second-order valence-electron chi connectivity index (χ2n) is 6.98. The predicted molar refractivity (Wildman–Crippen MR) is 107 cm³/mol. The number of hydrogen-bond donors (Lipinski definition) is 2. The number of carbonyl (C=O) groups excluding carboxylic acids is 1. The van der Waals surface area contributed by atoms with Gasteiger partial charge >= 0.3 is 11.7 Å². The minimum Gasteiger partial charge on any atom is -0.495 e. The van der Waals surface area contributed by atoms with E-state index in [4.69, 9.17) is 4.74 Å². The first kappa shape index (κ1) is 18.1. The van der Waals surface area contributed by atoms with Gasteiger partial charge in [-0.1, -0.05) is 12.1 Å². The smallest absolute Gasteiger partial charge is 0.327 e. The molecule has 0 radical (unpaired) electrons. The Labute approximate surface area is 162 Å². The first-order chi connectivity index (χ1) is 13.7. The van der Waals surface area contributed by atoms with Crippen LogP contribution in [0.3, 0.4) is 0 Å². The van der Waals surface area contributed by atoms with E-state index in [1.54, 1.807) is 28.8 Å². The molecule has 3 aromatic rings. The van der Waals surface area contributed by atoms with Gasteiger partial charge in [0.2, 0.25) is 0 Å². The third-order valence-electron chi connectivity index (χ3n) is 5.22. The number of fused-ring (bicyclic) bond motifs is 1. The fourth-order valence-corrected chi connectivity index (χ4v) is 3.68. The first-order valence-electron chi connectivity index (χ1n) is 9.38. The van der Waals surface area contributed by atoms with Gasteiger partial charge in [0.05, 0.1) is 18.3 Å². The van der Waals surface area contributed by atoms with Gasteiger partial charge in [-0.25, -0.2) is 14.6 Å². The molecule has 0 atom stereocenters. The van der Waals surface area contributed by atoms with E-state index in [0.29, 0.717) is 42.6 Å². The van der Waals surface area contributed by atoms with Crippen LogP contribution in [0.15, 0.2) is 47.4 Å². The van der Waals surface area contributed by atoms with E-state index >= 15 is 0 Å². The van der Waals surface area contributed by atoms with Crippen molar-refractivity contribution in [1.29, 1.82) is 0 Å². The van der Waals surface area contributed by atoms with E-state index in [0.717, 1.165) is 18.4 Å². The number of piperidine rings is 1. The molecule has 3 heterocycles. The number of urea groups is 1. The molecule has 1 aromatic carbocycles. The van der Waals surface area contributed by atoms with Crippen LogP contribution in [0.4, 0.5) is 10.5 Å². The first-order valence-corrected chi connectivity index (χ1v) is 9.38. The molecule has 2 N–H and O–H groups in total. The zero-order valence-electron chi connectivity index (χ0n) is 15.7. The number of para-hydroxylation sites is 2. The van der Waals surface area contributed by atoms with Crippen LogP contribution < -0.4 is 15.7 Å². The fourth-order valence-electron chi connectivity index (χ4n) is 3.68. The second kappa shape index (κ2) is 7.75. The number of rotatable bonds is 4. The van der Waals surface area contributed by atoms with Crippen molar-refractivity contribution < 1.29 is 9.53 Å². The number of ether oxygens (including phenoxy) is 1. The summed E-state index contributed by atoms with van der Waals surface area (Å²) in [5, 5.41) is 2.92. The van der Waals surface area contributed by atoms with Gasteiger partial charge in [0.25, 0.3) is 0 Å². The lowest BCUT2D eigenvalue weighted by Gasteiger charge is -2.32. The molecule has 28 heavy (non-hydrogen) atoms. The van der Waals surface area contributed by atoms with Crippen LogP contribution in [0, 0.1) is 5.92 Å². The Morgan fingerprint density at radius 3 is 2.82 bits per heavy atom. The molecule has 0 aliphatic carbocycles. The maximum absolute atomic E-state index is 12.6. The number of amides is 2. The fraction of sp³-hybridized carbons (Fsp3) is 0.350. The molecular formula is C20H23N5O3. The number of hydrogen-bond acceptors (Lipinski definition) is 4. The van der Waals surface area contributed by atoms with Crippen molar-refractivity contribution in [3.8, 4) is 5.75 Å². The Kier molecular flexibility index (Phi) is 5.01. The maximum Gasteiger partial charge on any atom is 0.327 e. The zero-order chi connectivity index (χ0) is 19.5. The van der Waals surface area contributed by atoms with Gasteiger partial charge in [0.1, 0.15) is 5.75 Å². The summed E-state index contributed by atoms with van der Waals surface area (Å²) in [4.78, 5) is 33.8. The number of aromatic amines is 1. The number of benzene rings is 1. The Balaban J connectivity index is 1.37. The molecule has 0 unspecified atom stereocenters. The van der Waals surface area contributed by atoms with E-state index in [1.807, 2.05) is 30.3 Å². The van der Waals surface area contributed by atoms with Gasteiger partial charge in [-0.05, 0) is 43.0 Å². The van der Waals surface area contributed by atoms with Crippen molar-refractivity contribution >= 4 is 22.9 Å². The van der Waals surface area contributed by atoms with Gasteiger partial charge in [-0.3, -0.25) is 4.57 Å². The van der Waals surface area contributed by atoms with Gasteiger partial charge in [0.15, 0.2) is 5.65 Å². The van der Waals surface area contributed by atoms with Crippen molar-refractivity contribution in [2.24, 2.45) is 5.92 Å². The van der Waals surface area contributed by atoms with E-state index in [9.17, 15) is 9.59 Å². The van der Waals surface area contributed by atoms with E-state index < -0.39 is 0 Å². The van der Waals surface area contributed by atoms with E-state index in [1.165, 1.54) is 0 Å². The van der Waals surface area contributed by atoms with Crippen LogP contribution in [0.1, 0.15) is 12.8 Å². The quantitative estimate of drug-likeness (QED) is 0.727. The number of carbonyl (C=O) groups is 1. The lowest BCUT2D eigenvalue weighted by atomic mass is 9.97. The zero-order valence-corrected chi connectivity index (χ0v) is 15.7. The minimum atomic E-state index is -0.134. The summed E-state index contributed by atoms with van der Waals surface area (Å²) in [5.41, 5.74) is 1.96. The number of nitrogens with one attached hydrogen (secondary N) is 2. The molecule has 1 saturated heterocycles. The Hall–Kier alpha value is -3.29. The van der Waals surface area contributed by atoms with Crippen LogP contribution in [0.25, 0.3) is 11.2 Å². The number of likely N-dealkylation sites (tertiary alicyclic amines) is 1. The van der Waals surface area contributed by atoms with Crippen molar-refractivity contribution in [3.05, 3.63) is 53.1 Å². The molecule has 0 saturated carbocycles. The van der Waals surface area contributed by atoms with Crippen LogP contribution in [0.5, 0.6) is 5.75 Å². The largest absolute Gasteiger partial charge is 0.495 e.